The van der Waals surface area contributed by atoms with Crippen LogP contribution >= 0.6 is 24.0 Å². The monoisotopic (exact) mass is 501 g/mol. The summed E-state index contributed by atoms with van der Waals surface area (Å²) in [4.78, 5) is 8.94. The molecule has 1 heterocycles. The average Bonchev–Trinajstić information content (AvgIpc) is 2.96. The lowest BCUT2D eigenvalue weighted by molar-refractivity contribution is 0.203. The molecule has 0 unspecified atom stereocenters. The Morgan fingerprint density at radius 2 is 2.00 bits per heavy atom. The van der Waals surface area contributed by atoms with Crippen molar-refractivity contribution in [3.63, 3.8) is 0 Å². The van der Waals surface area contributed by atoms with Crippen molar-refractivity contribution >= 4 is 35.6 Å². The first-order chi connectivity index (χ1) is 12.9. The van der Waals surface area contributed by atoms with E-state index in [4.69, 9.17) is 9.73 Å². The van der Waals surface area contributed by atoms with Gasteiger partial charge in [0.25, 0.3) is 0 Å². The number of aryl methyl sites for hydroxylation is 1. The highest BCUT2D eigenvalue weighted by molar-refractivity contribution is 14.0. The molecule has 0 bridgehead atoms. The van der Waals surface area contributed by atoms with Crippen molar-refractivity contribution in [3.8, 4) is 0 Å². The molecule has 0 atom stereocenters. The molecule has 0 aliphatic heterocycles. The number of rotatable bonds is 8. The van der Waals surface area contributed by atoms with Gasteiger partial charge in [0.1, 0.15) is 12.4 Å². The van der Waals surface area contributed by atoms with Gasteiger partial charge in [-0.25, -0.2) is 4.99 Å². The summed E-state index contributed by atoms with van der Waals surface area (Å²) in [7, 11) is 9.77. The molecule has 0 saturated carbocycles. The van der Waals surface area contributed by atoms with Gasteiger partial charge in [0, 0.05) is 54.1 Å². The van der Waals surface area contributed by atoms with E-state index in [1.54, 1.807) is 7.11 Å². The average molecular weight is 501 g/mol. The fraction of sp³-hybridized carbons (Fsp3) is 0.526. The number of hydrogen-bond donors (Lipinski definition) is 1. The lowest BCUT2D eigenvalue weighted by Crippen LogP contribution is -2.40. The van der Waals surface area contributed by atoms with E-state index in [1.165, 1.54) is 11.3 Å². The van der Waals surface area contributed by atoms with Crippen LogP contribution in [0.4, 0.5) is 5.69 Å². The SMILES string of the molecule is COCCNC(=NCc1nnc(C)n1C)N(C)Cc1cccc(N(C)C)c1.I. The normalized spacial score (nSPS) is 11.1. The zero-order valence-corrected chi connectivity index (χ0v) is 20.0. The number of guanidine groups is 1. The first-order valence-corrected chi connectivity index (χ1v) is 9.02. The Morgan fingerprint density at radius 3 is 2.61 bits per heavy atom. The number of aromatic nitrogens is 3. The second kappa shape index (κ2) is 11.8. The van der Waals surface area contributed by atoms with E-state index in [2.05, 4.69) is 49.6 Å². The van der Waals surface area contributed by atoms with Gasteiger partial charge in [0.05, 0.1) is 6.61 Å². The molecule has 28 heavy (non-hydrogen) atoms. The van der Waals surface area contributed by atoms with Crippen molar-refractivity contribution in [1.29, 1.82) is 0 Å². The van der Waals surface area contributed by atoms with E-state index in [0.29, 0.717) is 19.7 Å². The van der Waals surface area contributed by atoms with Crippen LogP contribution in [0.5, 0.6) is 0 Å². The lowest BCUT2D eigenvalue weighted by Gasteiger charge is -2.23. The number of methoxy groups -OCH3 is 1. The molecular formula is C19H32IN7O. The van der Waals surface area contributed by atoms with E-state index in [-0.39, 0.29) is 24.0 Å². The van der Waals surface area contributed by atoms with E-state index < -0.39 is 0 Å². The third kappa shape index (κ3) is 6.93. The molecule has 1 aromatic heterocycles. The number of hydrogen-bond acceptors (Lipinski definition) is 5. The molecule has 2 aromatic rings. The van der Waals surface area contributed by atoms with Crippen molar-refractivity contribution in [3.05, 3.63) is 41.5 Å². The fourth-order valence-electron chi connectivity index (χ4n) is 2.59. The van der Waals surface area contributed by atoms with Crippen molar-refractivity contribution < 1.29 is 4.74 Å². The van der Waals surface area contributed by atoms with Gasteiger partial charge in [-0.1, -0.05) is 12.1 Å². The third-order valence-corrected chi connectivity index (χ3v) is 4.35. The molecule has 0 aliphatic carbocycles. The Kier molecular flexibility index (Phi) is 10.2. The number of aliphatic imine (C=N–C) groups is 1. The maximum absolute atomic E-state index is 5.15. The highest BCUT2D eigenvalue weighted by Crippen LogP contribution is 2.14. The van der Waals surface area contributed by atoms with Crippen molar-refractivity contribution in [2.75, 3.05) is 46.3 Å². The van der Waals surface area contributed by atoms with Gasteiger partial charge in [0.2, 0.25) is 0 Å². The molecule has 9 heteroatoms. The van der Waals surface area contributed by atoms with Crippen LogP contribution in [-0.4, -0.2) is 67.0 Å². The van der Waals surface area contributed by atoms with Crippen LogP contribution in [0.3, 0.4) is 0 Å². The number of halogens is 1. The summed E-state index contributed by atoms with van der Waals surface area (Å²) < 4.78 is 7.10. The zero-order chi connectivity index (χ0) is 19.8. The third-order valence-electron chi connectivity index (χ3n) is 4.35. The minimum atomic E-state index is 0. The van der Waals surface area contributed by atoms with E-state index >= 15 is 0 Å². The maximum Gasteiger partial charge on any atom is 0.194 e. The molecule has 0 amide bonds. The van der Waals surface area contributed by atoms with Gasteiger partial charge in [-0.3, -0.25) is 0 Å². The van der Waals surface area contributed by atoms with Crippen LogP contribution in [0.15, 0.2) is 29.3 Å². The van der Waals surface area contributed by atoms with Gasteiger partial charge in [-0.2, -0.15) is 0 Å². The summed E-state index contributed by atoms with van der Waals surface area (Å²) in [5.74, 6) is 2.52. The molecule has 0 saturated heterocycles. The number of ether oxygens (including phenoxy) is 1. The van der Waals surface area contributed by atoms with Crippen LogP contribution in [-0.2, 0) is 24.9 Å². The van der Waals surface area contributed by atoms with Crippen molar-refractivity contribution in [1.82, 2.24) is 25.0 Å². The summed E-state index contributed by atoms with van der Waals surface area (Å²) in [5, 5.41) is 11.6. The Hall–Kier alpha value is -1.88. The minimum Gasteiger partial charge on any atom is -0.383 e. The molecule has 1 aromatic carbocycles. The van der Waals surface area contributed by atoms with Crippen molar-refractivity contribution in [2.24, 2.45) is 12.0 Å². The predicted molar refractivity (Wildman–Crippen MR) is 124 cm³/mol. The van der Waals surface area contributed by atoms with Crippen LogP contribution < -0.4 is 10.2 Å². The molecule has 0 radical (unpaired) electrons. The first kappa shape index (κ1) is 24.2. The topological polar surface area (TPSA) is 70.8 Å². The van der Waals surface area contributed by atoms with E-state index in [1.807, 2.05) is 39.7 Å². The number of nitrogens with one attached hydrogen (secondary N) is 1. The van der Waals surface area contributed by atoms with Gasteiger partial charge in [-0.15, -0.1) is 34.2 Å². The first-order valence-electron chi connectivity index (χ1n) is 9.02. The number of anilines is 1. The maximum atomic E-state index is 5.15. The molecule has 0 spiro atoms. The highest BCUT2D eigenvalue weighted by atomic mass is 127. The molecular weight excluding hydrogens is 469 g/mol. The minimum absolute atomic E-state index is 0. The quantitative estimate of drug-likeness (QED) is 0.259. The van der Waals surface area contributed by atoms with Gasteiger partial charge < -0.3 is 24.4 Å². The van der Waals surface area contributed by atoms with Crippen LogP contribution in [0.2, 0.25) is 0 Å². The Morgan fingerprint density at radius 1 is 1.25 bits per heavy atom. The lowest BCUT2D eigenvalue weighted by atomic mass is 10.2. The fourth-order valence-corrected chi connectivity index (χ4v) is 2.59. The Balaban J connectivity index is 0.00000392. The zero-order valence-electron chi connectivity index (χ0n) is 17.6. The van der Waals surface area contributed by atoms with E-state index in [9.17, 15) is 0 Å². The standard InChI is InChI=1S/C19H31N7O.HI/c1-15-22-23-18(26(15)5)13-21-19(20-10-11-27-6)25(4)14-16-8-7-9-17(12-16)24(2)3;/h7-9,12H,10-11,13-14H2,1-6H3,(H,20,21);1H. The van der Waals surface area contributed by atoms with E-state index in [0.717, 1.165) is 24.2 Å². The second-order valence-corrected chi connectivity index (χ2v) is 6.70. The smallest absolute Gasteiger partial charge is 0.194 e. The summed E-state index contributed by atoms with van der Waals surface area (Å²) in [5.41, 5.74) is 2.40. The predicted octanol–water partition coefficient (Wildman–Crippen LogP) is 2.03. The summed E-state index contributed by atoms with van der Waals surface area (Å²) >= 11 is 0. The molecule has 0 aliphatic rings. The number of benzene rings is 1. The molecule has 1 N–H and O–H groups in total. The summed E-state index contributed by atoms with van der Waals surface area (Å²) in [6.07, 6.45) is 0. The molecule has 0 fully saturated rings. The van der Waals surface area contributed by atoms with Crippen LogP contribution in [0, 0.1) is 6.92 Å². The highest BCUT2D eigenvalue weighted by Gasteiger charge is 2.10. The van der Waals surface area contributed by atoms with Gasteiger partial charge in [-0.05, 0) is 24.6 Å². The molecule has 2 rings (SSSR count). The second-order valence-electron chi connectivity index (χ2n) is 6.70. The largest absolute Gasteiger partial charge is 0.383 e. The number of nitrogens with zero attached hydrogens (tertiary/aromatic N) is 6. The van der Waals surface area contributed by atoms with Crippen molar-refractivity contribution in [2.45, 2.75) is 20.0 Å². The van der Waals surface area contributed by atoms with Crippen LogP contribution in [0.25, 0.3) is 0 Å². The molecule has 156 valence electrons. The van der Waals surface area contributed by atoms with Crippen LogP contribution in [0.1, 0.15) is 17.2 Å². The Labute approximate surface area is 185 Å². The van der Waals surface area contributed by atoms with Gasteiger partial charge >= 0.3 is 0 Å². The molecule has 8 nitrogen and oxygen atoms in total. The van der Waals surface area contributed by atoms with Gasteiger partial charge in [0.15, 0.2) is 11.8 Å². The summed E-state index contributed by atoms with van der Waals surface area (Å²) in [6, 6.07) is 8.50. The Bertz CT molecular complexity index is 760. The summed E-state index contributed by atoms with van der Waals surface area (Å²) in [6.45, 7) is 4.45.